The molecular formula is C7H9N5OS2. The summed E-state index contributed by atoms with van der Waals surface area (Å²) in [6.45, 7) is 1.59. The lowest BCUT2D eigenvalue weighted by atomic mass is 10.7. The van der Waals surface area contributed by atoms with E-state index in [1.54, 1.807) is 0 Å². The van der Waals surface area contributed by atoms with Crippen molar-refractivity contribution in [1.29, 1.82) is 0 Å². The van der Waals surface area contributed by atoms with Crippen LogP contribution in [-0.4, -0.2) is 32.7 Å². The minimum atomic E-state index is -0.393. The van der Waals surface area contributed by atoms with Crippen molar-refractivity contribution in [2.45, 2.75) is 11.7 Å². The lowest BCUT2D eigenvalue weighted by molar-refractivity contribution is -0.115. The van der Waals surface area contributed by atoms with Gasteiger partial charge in [0.15, 0.2) is 5.16 Å². The van der Waals surface area contributed by atoms with E-state index in [2.05, 4.69) is 15.3 Å². The third-order valence-corrected chi connectivity index (χ3v) is 3.02. The summed E-state index contributed by atoms with van der Waals surface area (Å²) < 4.78 is 2.31. The van der Waals surface area contributed by atoms with E-state index in [0.29, 0.717) is 15.9 Å². The molecule has 0 atom stereocenters. The molecule has 1 aliphatic heterocycles. The Bertz CT molecular complexity index is 457. The fourth-order valence-corrected chi connectivity index (χ4v) is 2.12. The number of thioether (sulfide) groups is 1. The van der Waals surface area contributed by atoms with Gasteiger partial charge in [-0.3, -0.25) is 9.36 Å². The molecular weight excluding hydrogens is 234 g/mol. The number of aromatic nitrogens is 3. The van der Waals surface area contributed by atoms with Gasteiger partial charge in [0.1, 0.15) is 0 Å². The number of hydrogen-bond acceptors (Lipinski definition) is 6. The molecule has 0 bridgehead atoms. The van der Waals surface area contributed by atoms with Crippen LogP contribution in [0.5, 0.6) is 0 Å². The molecule has 3 N–H and O–H groups in total. The summed E-state index contributed by atoms with van der Waals surface area (Å²) >= 11 is 6.28. The van der Waals surface area contributed by atoms with E-state index in [9.17, 15) is 4.79 Å². The average Bonchev–Trinajstić information content (AvgIpc) is 2.63. The van der Waals surface area contributed by atoms with Crippen LogP contribution in [0.2, 0.25) is 0 Å². The van der Waals surface area contributed by atoms with Crippen molar-refractivity contribution in [1.82, 2.24) is 14.5 Å². The van der Waals surface area contributed by atoms with Gasteiger partial charge in [0, 0.05) is 13.1 Å². The minimum Gasteiger partial charge on any atom is -0.369 e. The lowest BCUT2D eigenvalue weighted by Gasteiger charge is -2.03. The molecule has 2 rings (SSSR count). The fourth-order valence-electron chi connectivity index (χ4n) is 1.22. The molecule has 0 aliphatic carbocycles. The van der Waals surface area contributed by atoms with Crippen molar-refractivity contribution >= 4 is 35.8 Å². The van der Waals surface area contributed by atoms with Crippen molar-refractivity contribution in [3.8, 4) is 0 Å². The van der Waals surface area contributed by atoms with Crippen LogP contribution in [0.25, 0.3) is 0 Å². The van der Waals surface area contributed by atoms with Gasteiger partial charge in [-0.2, -0.15) is 9.97 Å². The molecule has 0 radical (unpaired) electrons. The number of carbonyl (C=O) groups is 1. The fraction of sp³-hybridized carbons (Fsp3) is 0.429. The molecule has 0 unspecified atom stereocenters. The Morgan fingerprint density at radius 3 is 3.20 bits per heavy atom. The Morgan fingerprint density at radius 1 is 1.67 bits per heavy atom. The van der Waals surface area contributed by atoms with E-state index in [-0.39, 0.29) is 5.75 Å². The zero-order valence-electron chi connectivity index (χ0n) is 7.77. The lowest BCUT2D eigenvalue weighted by Crippen LogP contribution is -2.13. The van der Waals surface area contributed by atoms with E-state index in [1.165, 1.54) is 11.8 Å². The molecule has 0 aromatic carbocycles. The van der Waals surface area contributed by atoms with Gasteiger partial charge in [0.05, 0.1) is 5.75 Å². The summed E-state index contributed by atoms with van der Waals surface area (Å²) in [6, 6.07) is 0. The Balaban J connectivity index is 2.24. The second-order valence-electron chi connectivity index (χ2n) is 2.95. The summed E-state index contributed by atoms with van der Waals surface area (Å²) in [5, 5.41) is 3.57. The molecule has 6 nitrogen and oxygen atoms in total. The first kappa shape index (κ1) is 10.4. The molecule has 1 aromatic heterocycles. The molecule has 1 aromatic rings. The zero-order valence-corrected chi connectivity index (χ0v) is 9.40. The first-order chi connectivity index (χ1) is 7.16. The Kier molecular flexibility index (Phi) is 2.87. The number of rotatable bonds is 3. The van der Waals surface area contributed by atoms with E-state index in [1.807, 2.05) is 4.57 Å². The summed E-state index contributed by atoms with van der Waals surface area (Å²) in [4.78, 5) is 18.9. The number of nitrogens with zero attached hydrogens (tertiary/aromatic N) is 3. The topological polar surface area (TPSA) is 85.8 Å². The normalized spacial score (nSPS) is 13.3. The van der Waals surface area contributed by atoms with Crippen LogP contribution in [0.15, 0.2) is 5.16 Å². The predicted molar refractivity (Wildman–Crippen MR) is 59.3 cm³/mol. The molecule has 2 heterocycles. The van der Waals surface area contributed by atoms with E-state index < -0.39 is 5.91 Å². The van der Waals surface area contributed by atoms with Crippen molar-refractivity contribution in [3.05, 3.63) is 4.77 Å². The first-order valence-electron chi connectivity index (χ1n) is 4.30. The summed E-state index contributed by atoms with van der Waals surface area (Å²) in [6.07, 6.45) is 0. The van der Waals surface area contributed by atoms with Gasteiger partial charge in [-0.15, -0.1) is 0 Å². The van der Waals surface area contributed by atoms with E-state index in [0.717, 1.165) is 13.1 Å². The van der Waals surface area contributed by atoms with Gasteiger partial charge in [-0.05, 0) is 12.2 Å². The van der Waals surface area contributed by atoms with Crippen LogP contribution in [0.3, 0.4) is 0 Å². The predicted octanol–water partition coefficient (Wildman–Crippen LogP) is 0.0105. The molecule has 0 saturated carbocycles. The zero-order chi connectivity index (χ0) is 10.8. The third-order valence-electron chi connectivity index (χ3n) is 1.84. The van der Waals surface area contributed by atoms with Crippen LogP contribution >= 0.6 is 24.0 Å². The molecule has 8 heteroatoms. The molecule has 0 spiro atoms. The van der Waals surface area contributed by atoms with Crippen LogP contribution in [0, 0.1) is 4.77 Å². The molecule has 0 fully saturated rings. The highest BCUT2D eigenvalue weighted by Crippen LogP contribution is 2.17. The number of fused-ring (bicyclic) bond motifs is 1. The number of nitrogens with one attached hydrogen (secondary N) is 1. The Labute approximate surface area is 95.3 Å². The van der Waals surface area contributed by atoms with E-state index in [4.69, 9.17) is 18.0 Å². The first-order valence-corrected chi connectivity index (χ1v) is 5.70. The van der Waals surface area contributed by atoms with Crippen molar-refractivity contribution in [2.75, 3.05) is 17.6 Å². The highest BCUT2D eigenvalue weighted by molar-refractivity contribution is 7.99. The van der Waals surface area contributed by atoms with Crippen LogP contribution in [0.1, 0.15) is 0 Å². The standard InChI is InChI=1S/C7H9N5OS2/c8-4(13)3-15-6-10-5-9-1-2-12(5)7(14)11-6/h1-3H2,(H2,8,13)(H,9,10,11,14). The SMILES string of the molecule is NC(=O)CSc1nc2n(c(=S)n1)CCN2. The maximum atomic E-state index is 10.6. The van der Waals surface area contributed by atoms with Gasteiger partial charge in [0.25, 0.3) is 0 Å². The van der Waals surface area contributed by atoms with E-state index >= 15 is 0 Å². The quantitative estimate of drug-likeness (QED) is 0.574. The molecule has 1 amide bonds. The van der Waals surface area contributed by atoms with Crippen LogP contribution < -0.4 is 11.1 Å². The number of nitrogens with two attached hydrogens (primary N) is 1. The van der Waals surface area contributed by atoms with Crippen molar-refractivity contribution < 1.29 is 4.79 Å². The van der Waals surface area contributed by atoms with Gasteiger partial charge in [-0.1, -0.05) is 11.8 Å². The molecule has 0 saturated heterocycles. The summed E-state index contributed by atoms with van der Waals surface area (Å²) in [5.74, 6) is 0.482. The van der Waals surface area contributed by atoms with Crippen molar-refractivity contribution in [2.24, 2.45) is 5.73 Å². The molecule has 1 aliphatic rings. The maximum Gasteiger partial charge on any atom is 0.227 e. The summed E-state index contributed by atoms with van der Waals surface area (Å²) in [7, 11) is 0. The monoisotopic (exact) mass is 243 g/mol. The molecule has 15 heavy (non-hydrogen) atoms. The largest absolute Gasteiger partial charge is 0.369 e. The highest BCUT2D eigenvalue weighted by atomic mass is 32.2. The second kappa shape index (κ2) is 4.15. The van der Waals surface area contributed by atoms with Gasteiger partial charge >= 0.3 is 0 Å². The number of anilines is 1. The minimum absolute atomic E-state index is 0.165. The molecule has 80 valence electrons. The summed E-state index contributed by atoms with van der Waals surface area (Å²) in [5.41, 5.74) is 5.03. The van der Waals surface area contributed by atoms with Crippen molar-refractivity contribution in [3.63, 3.8) is 0 Å². The van der Waals surface area contributed by atoms with Gasteiger partial charge in [0.2, 0.25) is 16.6 Å². The van der Waals surface area contributed by atoms with Gasteiger partial charge in [-0.25, -0.2) is 0 Å². The third kappa shape index (κ3) is 2.26. The van der Waals surface area contributed by atoms with Crippen LogP contribution in [-0.2, 0) is 11.3 Å². The highest BCUT2D eigenvalue weighted by Gasteiger charge is 2.13. The number of hydrogen-bond donors (Lipinski definition) is 2. The number of primary amides is 1. The second-order valence-corrected chi connectivity index (χ2v) is 4.25. The Hall–Kier alpha value is -1.15. The number of amides is 1. The smallest absolute Gasteiger partial charge is 0.227 e. The average molecular weight is 243 g/mol. The Morgan fingerprint density at radius 2 is 2.47 bits per heavy atom. The van der Waals surface area contributed by atoms with Gasteiger partial charge < -0.3 is 11.1 Å². The van der Waals surface area contributed by atoms with Crippen LogP contribution in [0.4, 0.5) is 5.95 Å². The number of carbonyl (C=O) groups excluding carboxylic acids is 1. The maximum absolute atomic E-state index is 10.6.